The van der Waals surface area contributed by atoms with Crippen molar-refractivity contribution in [1.29, 1.82) is 0 Å². The number of nitrogens with one attached hydrogen (secondary N) is 1. The number of anilines is 1. The van der Waals surface area contributed by atoms with Gasteiger partial charge in [-0.25, -0.2) is 9.97 Å². The highest BCUT2D eigenvalue weighted by Gasteiger charge is 2.23. The number of rotatable bonds is 5. The van der Waals surface area contributed by atoms with E-state index in [-0.39, 0.29) is 5.91 Å². The van der Waals surface area contributed by atoms with Crippen molar-refractivity contribution in [3.63, 3.8) is 0 Å². The number of nitrogens with zero attached hydrogens (tertiary/aromatic N) is 4. The van der Waals surface area contributed by atoms with Gasteiger partial charge in [-0.05, 0) is 18.8 Å². The number of morpholine rings is 1. The zero-order valence-electron chi connectivity index (χ0n) is 14.4. The van der Waals surface area contributed by atoms with E-state index in [1.54, 1.807) is 6.07 Å². The highest BCUT2D eigenvalue weighted by molar-refractivity contribution is 5.92. The molecule has 1 amide bonds. The van der Waals surface area contributed by atoms with Crippen molar-refractivity contribution in [2.24, 2.45) is 5.92 Å². The third-order valence-electron chi connectivity index (χ3n) is 4.67. The number of aromatic nitrogens is 2. The number of piperidine rings is 1. The van der Waals surface area contributed by atoms with Crippen LogP contribution in [0.4, 0.5) is 5.82 Å². The van der Waals surface area contributed by atoms with Crippen molar-refractivity contribution >= 4 is 11.7 Å². The lowest BCUT2D eigenvalue weighted by atomic mass is 10.00. The first-order chi connectivity index (χ1) is 11.7. The quantitative estimate of drug-likeness (QED) is 0.870. The Hall–Kier alpha value is -1.73. The van der Waals surface area contributed by atoms with Crippen molar-refractivity contribution in [2.45, 2.75) is 19.8 Å². The first-order valence-corrected chi connectivity index (χ1v) is 8.87. The Bertz CT molecular complexity index is 548. The molecule has 0 spiro atoms. The van der Waals surface area contributed by atoms with Gasteiger partial charge in [-0.2, -0.15) is 0 Å². The Morgan fingerprint density at radius 1 is 1.33 bits per heavy atom. The molecule has 1 atom stereocenters. The molecule has 0 aliphatic carbocycles. The number of hydrogen-bond acceptors (Lipinski definition) is 6. The van der Waals surface area contributed by atoms with E-state index in [1.807, 2.05) is 4.90 Å². The lowest BCUT2D eigenvalue weighted by molar-refractivity contribution is 0.0398. The van der Waals surface area contributed by atoms with E-state index in [9.17, 15) is 4.79 Å². The van der Waals surface area contributed by atoms with Gasteiger partial charge in [0.05, 0.1) is 13.2 Å². The van der Waals surface area contributed by atoms with Crippen LogP contribution in [-0.2, 0) is 4.74 Å². The molecule has 1 N–H and O–H groups in total. The molecule has 2 saturated heterocycles. The van der Waals surface area contributed by atoms with E-state index < -0.39 is 0 Å². The molecule has 0 saturated carbocycles. The largest absolute Gasteiger partial charge is 0.379 e. The Balaban J connectivity index is 1.52. The minimum atomic E-state index is 0.0141. The minimum absolute atomic E-state index is 0.0141. The second-order valence-electron chi connectivity index (χ2n) is 6.67. The molecule has 1 unspecified atom stereocenters. The van der Waals surface area contributed by atoms with Gasteiger partial charge in [0.1, 0.15) is 17.8 Å². The molecule has 0 radical (unpaired) electrons. The van der Waals surface area contributed by atoms with Gasteiger partial charge in [0, 0.05) is 45.3 Å². The van der Waals surface area contributed by atoms with Crippen LogP contribution in [0.25, 0.3) is 0 Å². The normalized spacial score (nSPS) is 22.4. The van der Waals surface area contributed by atoms with E-state index in [1.165, 1.54) is 12.7 Å². The average molecular weight is 333 g/mol. The predicted molar refractivity (Wildman–Crippen MR) is 92.1 cm³/mol. The summed E-state index contributed by atoms with van der Waals surface area (Å²) in [7, 11) is 0. The van der Waals surface area contributed by atoms with E-state index in [2.05, 4.69) is 27.1 Å². The first kappa shape index (κ1) is 17.1. The summed E-state index contributed by atoms with van der Waals surface area (Å²) in [5.74, 6) is 1.29. The van der Waals surface area contributed by atoms with E-state index in [4.69, 9.17) is 4.74 Å². The maximum atomic E-state index is 12.6. The molecular formula is C17H27N5O2. The van der Waals surface area contributed by atoms with E-state index >= 15 is 0 Å². The van der Waals surface area contributed by atoms with Gasteiger partial charge in [0.25, 0.3) is 5.91 Å². The maximum absolute atomic E-state index is 12.6. The van der Waals surface area contributed by atoms with Crippen molar-refractivity contribution < 1.29 is 9.53 Å². The molecule has 0 bridgehead atoms. The monoisotopic (exact) mass is 333 g/mol. The van der Waals surface area contributed by atoms with Crippen LogP contribution < -0.4 is 5.32 Å². The molecule has 132 valence electrons. The van der Waals surface area contributed by atoms with Crippen LogP contribution in [0.1, 0.15) is 30.3 Å². The summed E-state index contributed by atoms with van der Waals surface area (Å²) in [4.78, 5) is 25.3. The SMILES string of the molecule is CC1CCCN(C(=O)c2cc(NCCN3CCOCC3)ncn2)C1. The van der Waals surface area contributed by atoms with Gasteiger partial charge >= 0.3 is 0 Å². The summed E-state index contributed by atoms with van der Waals surface area (Å²) in [5, 5.41) is 3.29. The lowest BCUT2D eigenvalue weighted by Crippen LogP contribution is -2.39. The summed E-state index contributed by atoms with van der Waals surface area (Å²) >= 11 is 0. The van der Waals surface area contributed by atoms with Crippen LogP contribution in [-0.4, -0.2) is 78.2 Å². The van der Waals surface area contributed by atoms with Gasteiger partial charge in [-0.15, -0.1) is 0 Å². The minimum Gasteiger partial charge on any atom is -0.379 e. The van der Waals surface area contributed by atoms with Crippen molar-refractivity contribution in [3.05, 3.63) is 18.1 Å². The molecule has 1 aromatic heterocycles. The fraction of sp³-hybridized carbons (Fsp3) is 0.706. The van der Waals surface area contributed by atoms with E-state index in [0.29, 0.717) is 17.4 Å². The number of carbonyl (C=O) groups excluding carboxylic acids is 1. The molecular weight excluding hydrogens is 306 g/mol. The highest BCUT2D eigenvalue weighted by Crippen LogP contribution is 2.17. The Kier molecular flexibility index (Phi) is 5.98. The summed E-state index contributed by atoms with van der Waals surface area (Å²) < 4.78 is 5.35. The fourth-order valence-electron chi connectivity index (χ4n) is 3.27. The molecule has 1 aromatic rings. The third-order valence-corrected chi connectivity index (χ3v) is 4.67. The topological polar surface area (TPSA) is 70.6 Å². The number of likely N-dealkylation sites (tertiary alicyclic amines) is 1. The van der Waals surface area contributed by atoms with Gasteiger partial charge < -0.3 is 15.0 Å². The molecule has 2 fully saturated rings. The number of hydrogen-bond donors (Lipinski definition) is 1. The molecule has 2 aliphatic rings. The summed E-state index contributed by atoms with van der Waals surface area (Å²) in [5.41, 5.74) is 0.480. The second kappa shape index (κ2) is 8.39. The number of carbonyl (C=O) groups is 1. The van der Waals surface area contributed by atoms with Crippen molar-refractivity contribution in [2.75, 3.05) is 57.8 Å². The summed E-state index contributed by atoms with van der Waals surface area (Å²) in [6.07, 6.45) is 3.74. The maximum Gasteiger partial charge on any atom is 0.272 e. The van der Waals surface area contributed by atoms with Gasteiger partial charge in [-0.3, -0.25) is 9.69 Å². The Morgan fingerprint density at radius 2 is 2.17 bits per heavy atom. The van der Waals surface area contributed by atoms with Crippen LogP contribution in [0, 0.1) is 5.92 Å². The zero-order valence-corrected chi connectivity index (χ0v) is 14.4. The predicted octanol–water partition coefficient (Wildman–Crippen LogP) is 1.09. The van der Waals surface area contributed by atoms with Crippen LogP contribution in [0.15, 0.2) is 12.4 Å². The molecule has 0 aromatic carbocycles. The zero-order chi connectivity index (χ0) is 16.8. The Labute approximate surface area is 143 Å². The molecule has 2 aliphatic heterocycles. The average Bonchev–Trinajstić information content (AvgIpc) is 2.62. The second-order valence-corrected chi connectivity index (χ2v) is 6.67. The molecule has 7 heteroatoms. The standard InChI is InChI=1S/C17H27N5O2/c1-14-3-2-5-22(12-14)17(23)15-11-16(20-13-19-15)18-4-6-21-7-9-24-10-8-21/h11,13-14H,2-10,12H2,1H3,(H,18,19,20). The van der Waals surface area contributed by atoms with Crippen LogP contribution in [0.3, 0.4) is 0 Å². The van der Waals surface area contributed by atoms with Crippen LogP contribution in [0.5, 0.6) is 0 Å². The van der Waals surface area contributed by atoms with Gasteiger partial charge in [-0.1, -0.05) is 6.92 Å². The lowest BCUT2D eigenvalue weighted by Gasteiger charge is -2.30. The summed E-state index contributed by atoms with van der Waals surface area (Å²) in [6, 6.07) is 1.76. The van der Waals surface area contributed by atoms with Crippen LogP contribution in [0.2, 0.25) is 0 Å². The molecule has 7 nitrogen and oxygen atoms in total. The number of ether oxygens (including phenoxy) is 1. The fourth-order valence-corrected chi connectivity index (χ4v) is 3.27. The highest BCUT2D eigenvalue weighted by atomic mass is 16.5. The molecule has 3 rings (SSSR count). The molecule has 24 heavy (non-hydrogen) atoms. The van der Waals surface area contributed by atoms with Crippen molar-refractivity contribution in [3.8, 4) is 0 Å². The van der Waals surface area contributed by atoms with Crippen LogP contribution >= 0.6 is 0 Å². The number of amides is 1. The first-order valence-electron chi connectivity index (χ1n) is 8.87. The van der Waals surface area contributed by atoms with Gasteiger partial charge in [0.2, 0.25) is 0 Å². The molecule has 3 heterocycles. The van der Waals surface area contributed by atoms with E-state index in [0.717, 1.165) is 58.9 Å². The smallest absolute Gasteiger partial charge is 0.272 e. The summed E-state index contributed by atoms with van der Waals surface area (Å²) in [6.45, 7) is 9.14. The third kappa shape index (κ3) is 4.64. The Morgan fingerprint density at radius 3 is 2.96 bits per heavy atom. The van der Waals surface area contributed by atoms with Crippen molar-refractivity contribution in [1.82, 2.24) is 19.8 Å². The van der Waals surface area contributed by atoms with Gasteiger partial charge in [0.15, 0.2) is 0 Å².